The minimum atomic E-state index is 0.516. The Morgan fingerprint density at radius 2 is 2.31 bits per heavy atom. The largest absolute Gasteiger partial charge is 0.480 e. The molecule has 1 aromatic heterocycles. The van der Waals surface area contributed by atoms with E-state index < -0.39 is 0 Å². The second-order valence-corrected chi connectivity index (χ2v) is 4.47. The molecule has 1 aromatic rings. The van der Waals surface area contributed by atoms with Gasteiger partial charge in [-0.3, -0.25) is 0 Å². The normalized spacial score (nSPS) is 9.88. The van der Waals surface area contributed by atoms with Crippen LogP contribution in [-0.2, 0) is 6.54 Å². The zero-order chi connectivity index (χ0) is 12.0. The maximum absolute atomic E-state index is 8.41. The second-order valence-electron chi connectivity index (χ2n) is 3.41. The van der Waals surface area contributed by atoms with Crippen LogP contribution in [0.1, 0.15) is 11.3 Å². The Morgan fingerprint density at radius 3 is 2.88 bits per heavy atom. The molecule has 0 saturated carbocycles. The van der Waals surface area contributed by atoms with Crippen LogP contribution in [0, 0.1) is 11.3 Å². The third-order valence-corrected chi connectivity index (χ3v) is 3.13. The number of thiazole rings is 1. The first kappa shape index (κ1) is 12.7. The van der Waals surface area contributed by atoms with Crippen molar-refractivity contribution < 1.29 is 4.74 Å². The summed E-state index contributed by atoms with van der Waals surface area (Å²) < 4.78 is 5.20. The fourth-order valence-electron chi connectivity index (χ4n) is 1.13. The molecule has 88 valence electrons. The van der Waals surface area contributed by atoms with E-state index in [4.69, 9.17) is 10.00 Å². The van der Waals surface area contributed by atoms with Crippen LogP contribution in [0.4, 0.5) is 5.13 Å². The van der Waals surface area contributed by atoms with Gasteiger partial charge in [0.25, 0.3) is 0 Å². The molecule has 0 unspecified atom stereocenters. The minimum Gasteiger partial charge on any atom is -0.480 e. The highest BCUT2D eigenvalue weighted by Gasteiger charge is 2.12. The molecule has 0 aliphatic rings. The Kier molecular flexibility index (Phi) is 5.02. The fourth-order valence-corrected chi connectivity index (χ4v) is 2.06. The lowest BCUT2D eigenvalue weighted by Crippen LogP contribution is -2.13. The van der Waals surface area contributed by atoms with Gasteiger partial charge in [0, 0.05) is 33.6 Å². The summed E-state index contributed by atoms with van der Waals surface area (Å²) in [7, 11) is 5.52. The lowest BCUT2D eigenvalue weighted by molar-refractivity contribution is 0.395. The number of hydrogen-bond donors (Lipinski definition) is 1. The van der Waals surface area contributed by atoms with Crippen molar-refractivity contribution in [3.8, 4) is 11.9 Å². The van der Waals surface area contributed by atoms with Crippen LogP contribution in [0.15, 0.2) is 0 Å². The van der Waals surface area contributed by atoms with Gasteiger partial charge in [-0.2, -0.15) is 10.2 Å². The van der Waals surface area contributed by atoms with Crippen LogP contribution in [0.5, 0.6) is 5.88 Å². The van der Waals surface area contributed by atoms with E-state index in [0.29, 0.717) is 25.4 Å². The lowest BCUT2D eigenvalue weighted by atomic mass is 10.4. The molecular weight excluding hydrogens is 224 g/mol. The van der Waals surface area contributed by atoms with Crippen LogP contribution in [0.2, 0.25) is 0 Å². The van der Waals surface area contributed by atoms with E-state index in [1.807, 2.05) is 19.0 Å². The van der Waals surface area contributed by atoms with E-state index in [1.54, 1.807) is 18.4 Å². The summed E-state index contributed by atoms with van der Waals surface area (Å²) in [6, 6.07) is 2.09. The van der Waals surface area contributed by atoms with Gasteiger partial charge in [0.05, 0.1) is 18.1 Å². The fraction of sp³-hybridized carbons (Fsp3) is 0.600. The van der Waals surface area contributed by atoms with Gasteiger partial charge in [0.15, 0.2) is 5.13 Å². The molecule has 0 saturated heterocycles. The van der Waals surface area contributed by atoms with Gasteiger partial charge >= 0.3 is 0 Å². The second kappa shape index (κ2) is 6.30. The Labute approximate surface area is 99.7 Å². The van der Waals surface area contributed by atoms with Gasteiger partial charge in [0.2, 0.25) is 5.88 Å². The molecule has 1 heterocycles. The van der Waals surface area contributed by atoms with Crippen molar-refractivity contribution in [2.24, 2.45) is 0 Å². The van der Waals surface area contributed by atoms with Gasteiger partial charge in [0.1, 0.15) is 0 Å². The molecule has 16 heavy (non-hydrogen) atoms. The van der Waals surface area contributed by atoms with Crippen LogP contribution >= 0.6 is 11.3 Å². The molecule has 0 spiro atoms. The van der Waals surface area contributed by atoms with Gasteiger partial charge in [-0.1, -0.05) is 11.3 Å². The number of methoxy groups -OCH3 is 1. The van der Waals surface area contributed by atoms with E-state index in [-0.39, 0.29) is 0 Å². The summed E-state index contributed by atoms with van der Waals surface area (Å²) in [5.41, 5.74) is 0. The van der Waals surface area contributed by atoms with E-state index in [2.05, 4.69) is 16.4 Å². The number of nitriles is 1. The third-order valence-electron chi connectivity index (χ3n) is 1.93. The Balaban J connectivity index is 2.60. The first-order chi connectivity index (χ1) is 7.69. The minimum absolute atomic E-state index is 0.516. The van der Waals surface area contributed by atoms with Crippen molar-refractivity contribution in [1.29, 1.82) is 5.26 Å². The summed E-state index contributed by atoms with van der Waals surface area (Å²) >= 11 is 1.59. The number of anilines is 1. The molecule has 6 heteroatoms. The van der Waals surface area contributed by atoms with Crippen LogP contribution in [-0.4, -0.2) is 32.7 Å². The molecule has 0 radical (unpaired) electrons. The Morgan fingerprint density at radius 1 is 1.56 bits per heavy atom. The predicted octanol–water partition coefficient (Wildman–Crippen LogP) is 1.22. The SMILES string of the molecule is COc1nc(N(C)C)sc1CNCCC#N. The van der Waals surface area contributed by atoms with Crippen molar-refractivity contribution in [3.63, 3.8) is 0 Å². The highest BCUT2D eigenvalue weighted by molar-refractivity contribution is 7.15. The van der Waals surface area contributed by atoms with E-state index >= 15 is 0 Å². The molecule has 1 rings (SSSR count). The Bertz CT molecular complexity index is 369. The molecule has 0 aromatic carbocycles. The standard InChI is InChI=1S/C10H16N4OS/c1-14(2)10-13-9(15-3)8(16-10)7-12-6-4-5-11/h12H,4,6-7H2,1-3H3. The van der Waals surface area contributed by atoms with Crippen molar-refractivity contribution in [1.82, 2.24) is 10.3 Å². The number of hydrogen-bond acceptors (Lipinski definition) is 6. The van der Waals surface area contributed by atoms with Crippen molar-refractivity contribution in [3.05, 3.63) is 4.88 Å². The van der Waals surface area contributed by atoms with Crippen molar-refractivity contribution in [2.45, 2.75) is 13.0 Å². The predicted molar refractivity (Wildman–Crippen MR) is 64.9 cm³/mol. The summed E-state index contributed by atoms with van der Waals surface area (Å²) in [4.78, 5) is 7.35. The topological polar surface area (TPSA) is 61.2 Å². The molecule has 0 amide bonds. The number of nitrogens with zero attached hydrogens (tertiary/aromatic N) is 3. The number of nitrogens with one attached hydrogen (secondary N) is 1. The zero-order valence-corrected chi connectivity index (χ0v) is 10.6. The monoisotopic (exact) mass is 240 g/mol. The third kappa shape index (κ3) is 3.36. The summed E-state index contributed by atoms with van der Waals surface area (Å²) in [5, 5.41) is 12.5. The molecule has 1 N–H and O–H groups in total. The van der Waals surface area contributed by atoms with E-state index in [0.717, 1.165) is 10.0 Å². The average Bonchev–Trinajstić information content (AvgIpc) is 2.68. The maximum Gasteiger partial charge on any atom is 0.230 e. The molecule has 0 atom stereocenters. The van der Waals surface area contributed by atoms with Crippen LogP contribution < -0.4 is 15.0 Å². The van der Waals surface area contributed by atoms with Gasteiger partial charge < -0.3 is 15.0 Å². The first-order valence-electron chi connectivity index (χ1n) is 4.97. The lowest BCUT2D eigenvalue weighted by Gasteiger charge is -2.04. The first-order valence-corrected chi connectivity index (χ1v) is 5.79. The van der Waals surface area contributed by atoms with Crippen molar-refractivity contribution >= 4 is 16.5 Å². The Hall–Kier alpha value is -1.32. The summed E-state index contributed by atoms with van der Waals surface area (Å²) in [6.07, 6.45) is 0.516. The molecule has 0 bridgehead atoms. The summed E-state index contributed by atoms with van der Waals surface area (Å²) in [6.45, 7) is 1.38. The number of aromatic nitrogens is 1. The molecule has 0 aliphatic heterocycles. The van der Waals surface area contributed by atoms with Crippen LogP contribution in [0.25, 0.3) is 0 Å². The molecule has 0 aliphatic carbocycles. The van der Waals surface area contributed by atoms with Gasteiger partial charge in [-0.05, 0) is 0 Å². The zero-order valence-electron chi connectivity index (χ0n) is 9.78. The van der Waals surface area contributed by atoms with Gasteiger partial charge in [-0.25, -0.2) is 0 Å². The smallest absolute Gasteiger partial charge is 0.230 e. The summed E-state index contributed by atoms with van der Waals surface area (Å²) in [5.74, 6) is 0.665. The van der Waals surface area contributed by atoms with Gasteiger partial charge in [-0.15, -0.1) is 0 Å². The maximum atomic E-state index is 8.41. The number of ether oxygens (including phenoxy) is 1. The highest BCUT2D eigenvalue weighted by atomic mass is 32.1. The van der Waals surface area contributed by atoms with Crippen molar-refractivity contribution in [2.75, 3.05) is 32.6 Å². The average molecular weight is 240 g/mol. The van der Waals surface area contributed by atoms with E-state index in [9.17, 15) is 0 Å². The molecule has 5 nitrogen and oxygen atoms in total. The van der Waals surface area contributed by atoms with E-state index in [1.165, 1.54) is 0 Å². The molecule has 0 fully saturated rings. The highest BCUT2D eigenvalue weighted by Crippen LogP contribution is 2.29. The number of rotatable bonds is 6. The van der Waals surface area contributed by atoms with Crippen LogP contribution in [0.3, 0.4) is 0 Å². The molecular formula is C10H16N4OS. The quantitative estimate of drug-likeness (QED) is 0.758.